The third-order valence-corrected chi connectivity index (χ3v) is 15.6. The molecule has 0 bridgehead atoms. The van der Waals surface area contributed by atoms with Crippen molar-refractivity contribution in [1.29, 1.82) is 0 Å². The number of epoxide rings is 2. The van der Waals surface area contributed by atoms with Crippen molar-refractivity contribution in [2.75, 3.05) is 26.4 Å². The van der Waals surface area contributed by atoms with Gasteiger partial charge in [-0.3, -0.25) is 15.0 Å². The van der Waals surface area contributed by atoms with E-state index in [1.54, 1.807) is 12.1 Å². The fourth-order valence-electron chi connectivity index (χ4n) is 9.76. The Morgan fingerprint density at radius 3 is 1.26 bits per heavy atom. The van der Waals surface area contributed by atoms with Crippen molar-refractivity contribution in [3.05, 3.63) is 274 Å². The van der Waals surface area contributed by atoms with Crippen molar-refractivity contribution in [1.82, 2.24) is 29.7 Å². The van der Waals surface area contributed by atoms with E-state index in [1.807, 2.05) is 19.1 Å². The Kier molecular flexibility index (Phi) is 26.8. The lowest BCUT2D eigenvalue weighted by Gasteiger charge is -2.36. The molecule has 548 valence electrons. The lowest BCUT2D eigenvalue weighted by molar-refractivity contribution is -0.207. The molecule has 12 rings (SSSR count). The summed E-state index contributed by atoms with van der Waals surface area (Å²) in [5.41, 5.74) is -8.18. The van der Waals surface area contributed by atoms with E-state index in [9.17, 15) is 66.6 Å². The zero-order valence-corrected chi connectivity index (χ0v) is 54.6. The Bertz CT molecular complexity index is 4400. The summed E-state index contributed by atoms with van der Waals surface area (Å²) in [5, 5.41) is 32.2. The second-order valence-electron chi connectivity index (χ2n) is 22.1. The minimum absolute atomic E-state index is 0. The standard InChI is InChI=1S/C24H17F7N4O2.C22H14F7NO2.C14H8BrF4NO.C7H9BO2.2CH4.H3P/c25-17-4-7-19(20(26)9-17)22(36,11-35-14-32-13-34-35)24(30,31)21-8-3-16(10-33-21)15-1-5-18(6-2-15)37-12-23(27,28)29;23-15-4-7-17(18(24)9-15)20(11-32-20)22(28,29)19-8-3-14(10-30-19)13-1-5-16(6-2-13)31-12-21(25,26)27;15-8-1-4-12(20-6-8)14(18,19)13(7-21-13)10-3-2-9(16)5-11(10)17;1-6-2-4-7(5-3-6)8(9)10;;;/h1-10,13-14,36H,11-12H2;1-10H,11-12H2;1-6H,7H2;2-5,9-10H,1H3;2*1H4;1H3. The highest BCUT2D eigenvalue weighted by Gasteiger charge is 2.69. The van der Waals surface area contributed by atoms with E-state index in [0.29, 0.717) is 56.5 Å². The van der Waals surface area contributed by atoms with Gasteiger partial charge in [0, 0.05) is 69.1 Å². The first kappa shape index (κ1) is 83.0. The van der Waals surface area contributed by atoms with E-state index in [2.05, 4.69) is 50.4 Å². The van der Waals surface area contributed by atoms with Gasteiger partial charge in [-0.25, -0.2) is 36.0 Å². The van der Waals surface area contributed by atoms with Gasteiger partial charge >= 0.3 is 37.2 Å². The molecule has 0 saturated carbocycles. The molecule has 6 heterocycles. The SMILES string of the molecule is C.C.Cc1ccc(B(O)O)cc1.Fc1ccc(C2(C(F)(F)c3ccc(-c4ccc(OCC(F)(F)F)cc4)cn3)CO2)c(F)c1.Fc1ccc(C2(C(F)(F)c3ccc(Br)cn3)CO2)c(F)c1.OC(Cn1cncn1)(c1ccc(F)cc1F)C(F)(F)c1ccc(-c2ccc(OCC(F)(F)F)cc2)cn1.P. The minimum atomic E-state index is -4.50. The number of benzene rings is 6. The molecule has 2 aliphatic rings. The number of alkyl halides is 12. The van der Waals surface area contributed by atoms with Crippen LogP contribution in [0.25, 0.3) is 22.3 Å². The quantitative estimate of drug-likeness (QED) is 0.0322. The molecule has 13 nitrogen and oxygen atoms in total. The third-order valence-electron chi connectivity index (χ3n) is 15.1. The monoisotopic (exact) mass is 1550 g/mol. The van der Waals surface area contributed by atoms with Crippen LogP contribution in [-0.2, 0) is 50.6 Å². The van der Waals surface area contributed by atoms with Crippen LogP contribution in [0.15, 0.2) is 200 Å². The fourth-order valence-corrected chi connectivity index (χ4v) is 10.00. The molecule has 34 heteroatoms. The molecule has 4 atom stereocenters. The average Bonchev–Trinajstić information content (AvgIpc) is 1.57. The summed E-state index contributed by atoms with van der Waals surface area (Å²) >= 11 is 3.10. The van der Waals surface area contributed by atoms with Crippen LogP contribution in [0, 0.1) is 41.8 Å². The molecule has 0 aliphatic carbocycles. The van der Waals surface area contributed by atoms with Crippen molar-refractivity contribution in [3.8, 4) is 33.8 Å². The van der Waals surface area contributed by atoms with Crippen molar-refractivity contribution in [2.24, 2.45) is 0 Å². The maximum absolute atomic E-state index is 15.8. The van der Waals surface area contributed by atoms with E-state index in [4.69, 9.17) is 19.5 Å². The largest absolute Gasteiger partial charge is 0.488 e. The van der Waals surface area contributed by atoms with Gasteiger partial charge in [-0.1, -0.05) is 81.1 Å². The summed E-state index contributed by atoms with van der Waals surface area (Å²) < 4.78 is 267. The predicted octanol–water partition coefficient (Wildman–Crippen LogP) is 16.4. The molecule has 2 saturated heterocycles. The number of aryl methyl sites for hydroxylation is 1. The van der Waals surface area contributed by atoms with Crippen LogP contribution >= 0.6 is 25.8 Å². The van der Waals surface area contributed by atoms with Crippen molar-refractivity contribution >= 4 is 38.4 Å². The zero-order chi connectivity index (χ0) is 72.8. The number of hydrogen-bond acceptors (Lipinski definition) is 12. The van der Waals surface area contributed by atoms with Crippen LogP contribution < -0.4 is 14.9 Å². The molecule has 2 aliphatic heterocycles. The molecular formula is C69H59BBrF18N6O7P. The molecule has 10 aromatic rings. The second kappa shape index (κ2) is 33.2. The number of hydrogen-bond donors (Lipinski definition) is 3. The topological polar surface area (TPSA) is 174 Å². The molecule has 4 unspecified atom stereocenters. The summed E-state index contributed by atoms with van der Waals surface area (Å²) in [5.74, 6) is -17.9. The van der Waals surface area contributed by atoms with Gasteiger partial charge in [0.15, 0.2) is 30.0 Å². The van der Waals surface area contributed by atoms with Gasteiger partial charge in [0.05, 0.1) is 19.8 Å². The van der Waals surface area contributed by atoms with Crippen molar-refractivity contribution in [3.63, 3.8) is 0 Å². The van der Waals surface area contributed by atoms with Crippen LogP contribution in [0.3, 0.4) is 0 Å². The molecule has 6 aromatic carbocycles. The summed E-state index contributed by atoms with van der Waals surface area (Å²) in [6.07, 6.45) is -3.45. The average molecular weight is 1550 g/mol. The Hall–Kier alpha value is -8.98. The number of halogens is 19. The van der Waals surface area contributed by atoms with Gasteiger partial charge in [-0.15, -0.1) is 0 Å². The number of nitrogens with zero attached hydrogens (tertiary/aromatic N) is 6. The van der Waals surface area contributed by atoms with Gasteiger partial charge in [0.1, 0.15) is 76.1 Å². The van der Waals surface area contributed by atoms with Crippen LogP contribution in [0.2, 0.25) is 0 Å². The Morgan fingerprint density at radius 1 is 0.515 bits per heavy atom. The normalized spacial score (nSPS) is 16.0. The number of rotatable bonds is 18. The van der Waals surface area contributed by atoms with Gasteiger partial charge in [-0.2, -0.15) is 67.7 Å². The second-order valence-corrected chi connectivity index (χ2v) is 23.1. The van der Waals surface area contributed by atoms with Gasteiger partial charge in [-0.05, 0) is 124 Å². The summed E-state index contributed by atoms with van der Waals surface area (Å²) in [7, 11) is -1.35. The lowest BCUT2D eigenvalue weighted by atomic mass is 9.80. The minimum Gasteiger partial charge on any atom is -0.484 e. The van der Waals surface area contributed by atoms with E-state index >= 15 is 17.6 Å². The highest BCUT2D eigenvalue weighted by molar-refractivity contribution is 9.10. The van der Waals surface area contributed by atoms with Crippen LogP contribution in [-0.4, -0.2) is 90.8 Å². The molecule has 0 spiro atoms. The smallest absolute Gasteiger partial charge is 0.484 e. The van der Waals surface area contributed by atoms with Gasteiger partial charge in [0.25, 0.3) is 0 Å². The first-order valence-electron chi connectivity index (χ1n) is 28.9. The number of aliphatic hydroxyl groups is 1. The molecule has 2 fully saturated rings. The predicted molar refractivity (Wildman–Crippen MR) is 350 cm³/mol. The fraction of sp³-hybridized carbons (Fsp3) is 0.232. The highest BCUT2D eigenvalue weighted by atomic mass is 79.9. The number of ether oxygens (including phenoxy) is 4. The van der Waals surface area contributed by atoms with Crippen molar-refractivity contribution in [2.45, 2.75) is 75.2 Å². The summed E-state index contributed by atoms with van der Waals surface area (Å²) in [6, 6.07) is 31.7. The van der Waals surface area contributed by atoms with Crippen LogP contribution in [0.4, 0.5) is 79.0 Å². The van der Waals surface area contributed by atoms with Gasteiger partial charge in [0.2, 0.25) is 0 Å². The molecular weight excluding hydrogens is 1490 g/mol. The maximum Gasteiger partial charge on any atom is 0.488 e. The summed E-state index contributed by atoms with van der Waals surface area (Å²) in [4.78, 5) is 14.8. The van der Waals surface area contributed by atoms with E-state index in [0.717, 1.165) is 83.8 Å². The molecule has 3 N–H and O–H groups in total. The van der Waals surface area contributed by atoms with E-state index in [-0.39, 0.29) is 48.4 Å². The summed E-state index contributed by atoms with van der Waals surface area (Å²) in [6.45, 7) is -2.72. The molecule has 103 heavy (non-hydrogen) atoms. The highest BCUT2D eigenvalue weighted by Crippen LogP contribution is 2.58. The first-order chi connectivity index (χ1) is 47.0. The lowest BCUT2D eigenvalue weighted by Crippen LogP contribution is -2.48. The van der Waals surface area contributed by atoms with Crippen LogP contribution in [0.1, 0.15) is 54.2 Å². The Balaban J connectivity index is 0.000000229. The van der Waals surface area contributed by atoms with Gasteiger partial charge < -0.3 is 34.1 Å². The zero-order valence-electron chi connectivity index (χ0n) is 51.6. The van der Waals surface area contributed by atoms with E-state index < -0.39 is 144 Å². The number of aromatic nitrogens is 6. The molecule has 0 radical (unpaired) electrons. The van der Waals surface area contributed by atoms with E-state index in [1.165, 1.54) is 72.9 Å². The third kappa shape index (κ3) is 19.5. The Morgan fingerprint density at radius 2 is 0.913 bits per heavy atom. The van der Waals surface area contributed by atoms with Crippen molar-refractivity contribution < 1.29 is 113 Å². The number of pyridine rings is 3. The Labute approximate surface area is 588 Å². The van der Waals surface area contributed by atoms with Crippen LogP contribution in [0.5, 0.6) is 11.5 Å². The molecule has 0 amide bonds. The maximum atomic E-state index is 15.8. The first-order valence-corrected chi connectivity index (χ1v) is 29.7. The molecule has 4 aromatic heterocycles.